The van der Waals surface area contributed by atoms with Crippen molar-refractivity contribution in [3.8, 4) is 0 Å². The number of hydrogen-bond donors (Lipinski definition) is 1. The third-order valence-electron chi connectivity index (χ3n) is 1.47. The second-order valence-electron chi connectivity index (χ2n) is 2.51. The van der Waals surface area contributed by atoms with Crippen LogP contribution in [0.5, 0.6) is 0 Å². The predicted molar refractivity (Wildman–Crippen MR) is 51.1 cm³/mol. The summed E-state index contributed by atoms with van der Waals surface area (Å²) in [5.74, 6) is 0.613. The Balaban J connectivity index is 2.49. The molecule has 0 fully saturated rings. The van der Waals surface area contributed by atoms with Gasteiger partial charge in [-0.1, -0.05) is 0 Å². The maximum atomic E-state index is 10.8. The van der Waals surface area contributed by atoms with Crippen LogP contribution in [-0.2, 0) is 4.74 Å². The first-order chi connectivity index (χ1) is 6.74. The van der Waals surface area contributed by atoms with E-state index in [2.05, 4.69) is 15.3 Å². The van der Waals surface area contributed by atoms with Crippen LogP contribution in [0.2, 0.25) is 0 Å². The summed E-state index contributed by atoms with van der Waals surface area (Å²) in [6.07, 6.45) is 0.969. The summed E-state index contributed by atoms with van der Waals surface area (Å²) in [6, 6.07) is 3.50. The van der Waals surface area contributed by atoms with Crippen LogP contribution in [-0.4, -0.2) is 18.4 Å². The lowest BCUT2D eigenvalue weighted by Gasteiger charge is -2.00. The van der Waals surface area contributed by atoms with Crippen LogP contribution in [0.15, 0.2) is 27.9 Å². The topological polar surface area (TPSA) is 63.8 Å². The summed E-state index contributed by atoms with van der Waals surface area (Å²) >= 11 is 0. The lowest BCUT2D eigenvalue weighted by Crippen LogP contribution is -2.20. The van der Waals surface area contributed by atoms with E-state index in [9.17, 15) is 4.79 Å². The average Bonchev–Trinajstić information content (AvgIpc) is 2.67. The molecule has 5 heteroatoms. The normalized spacial score (nSPS) is 11.1. The van der Waals surface area contributed by atoms with E-state index in [1.54, 1.807) is 32.2 Å². The molecule has 14 heavy (non-hydrogen) atoms. The van der Waals surface area contributed by atoms with Crippen LogP contribution in [0.25, 0.3) is 0 Å². The Morgan fingerprint density at radius 3 is 3.07 bits per heavy atom. The molecule has 1 amide bonds. The molecule has 0 saturated heterocycles. The van der Waals surface area contributed by atoms with Crippen LogP contribution in [0.3, 0.4) is 0 Å². The Labute approximate surface area is 81.7 Å². The molecule has 0 aliphatic rings. The third kappa shape index (κ3) is 2.93. The zero-order chi connectivity index (χ0) is 10.4. The number of hydrazone groups is 1. The van der Waals surface area contributed by atoms with E-state index in [4.69, 9.17) is 4.42 Å². The zero-order valence-corrected chi connectivity index (χ0v) is 8.11. The second-order valence-corrected chi connectivity index (χ2v) is 2.51. The maximum Gasteiger partial charge on any atom is 0.427 e. The molecule has 0 aromatic carbocycles. The van der Waals surface area contributed by atoms with Crippen molar-refractivity contribution in [3.05, 3.63) is 24.2 Å². The summed E-state index contributed by atoms with van der Waals surface area (Å²) in [5, 5.41) is 3.78. The lowest BCUT2D eigenvalue weighted by molar-refractivity contribution is 0.152. The molecule has 0 bridgehead atoms. The standard InChI is InChI=1S/C9H12N2O3/c1-3-13-9(12)11-10-7(2)8-5-4-6-14-8/h4-6H,3H2,1-2H3,(H,11,12). The molecular weight excluding hydrogens is 184 g/mol. The molecule has 0 aliphatic carbocycles. The molecular formula is C9H12N2O3. The van der Waals surface area contributed by atoms with Gasteiger partial charge in [-0.05, 0) is 26.0 Å². The molecule has 0 unspecified atom stereocenters. The minimum atomic E-state index is -0.571. The van der Waals surface area contributed by atoms with Crippen LogP contribution in [0, 0.1) is 0 Å². The van der Waals surface area contributed by atoms with E-state index in [1.165, 1.54) is 0 Å². The van der Waals surface area contributed by atoms with E-state index < -0.39 is 6.09 Å². The van der Waals surface area contributed by atoms with Crippen molar-refractivity contribution in [3.63, 3.8) is 0 Å². The highest BCUT2D eigenvalue weighted by Gasteiger charge is 2.01. The monoisotopic (exact) mass is 196 g/mol. The van der Waals surface area contributed by atoms with E-state index in [0.717, 1.165) is 0 Å². The second kappa shape index (κ2) is 5.06. The fraction of sp³-hybridized carbons (Fsp3) is 0.333. The molecule has 0 atom stereocenters. The van der Waals surface area contributed by atoms with E-state index in [-0.39, 0.29) is 0 Å². The van der Waals surface area contributed by atoms with Gasteiger partial charge in [-0.15, -0.1) is 0 Å². The van der Waals surface area contributed by atoms with E-state index in [0.29, 0.717) is 18.1 Å². The molecule has 1 N–H and O–H groups in total. The maximum absolute atomic E-state index is 10.8. The molecule has 1 heterocycles. The fourth-order valence-electron chi connectivity index (χ4n) is 0.832. The number of hydrogen-bond acceptors (Lipinski definition) is 4. The van der Waals surface area contributed by atoms with Gasteiger partial charge < -0.3 is 9.15 Å². The Hall–Kier alpha value is -1.78. The highest BCUT2D eigenvalue weighted by molar-refractivity contribution is 5.96. The van der Waals surface area contributed by atoms with Crippen molar-refractivity contribution in [1.29, 1.82) is 0 Å². The van der Waals surface area contributed by atoms with Crippen molar-refractivity contribution < 1.29 is 13.9 Å². The van der Waals surface area contributed by atoms with Crippen molar-refractivity contribution in [1.82, 2.24) is 5.43 Å². The van der Waals surface area contributed by atoms with E-state index in [1.807, 2.05) is 0 Å². The SMILES string of the molecule is CCOC(=O)NN=C(C)c1ccco1. The Morgan fingerprint density at radius 2 is 2.50 bits per heavy atom. The minimum absolute atomic E-state index is 0.321. The Bertz CT molecular complexity index is 317. The van der Waals surface area contributed by atoms with Gasteiger partial charge >= 0.3 is 6.09 Å². The third-order valence-corrected chi connectivity index (χ3v) is 1.47. The molecule has 0 aliphatic heterocycles. The number of rotatable bonds is 3. The summed E-state index contributed by atoms with van der Waals surface area (Å²) in [5.41, 5.74) is 2.82. The number of carbonyl (C=O) groups excluding carboxylic acids is 1. The summed E-state index contributed by atoms with van der Waals surface area (Å²) in [7, 11) is 0. The molecule has 5 nitrogen and oxygen atoms in total. The minimum Gasteiger partial charge on any atom is -0.463 e. The number of furan rings is 1. The Morgan fingerprint density at radius 1 is 1.71 bits per heavy atom. The van der Waals surface area contributed by atoms with Gasteiger partial charge in [-0.3, -0.25) is 0 Å². The number of nitrogens with one attached hydrogen (secondary N) is 1. The zero-order valence-electron chi connectivity index (χ0n) is 8.11. The first kappa shape index (κ1) is 10.3. The van der Waals surface area contributed by atoms with Gasteiger partial charge in [-0.2, -0.15) is 5.10 Å². The summed E-state index contributed by atoms with van der Waals surface area (Å²) in [6.45, 7) is 3.77. The molecule has 76 valence electrons. The van der Waals surface area contributed by atoms with Gasteiger partial charge in [0.05, 0.1) is 12.9 Å². The first-order valence-electron chi connectivity index (χ1n) is 4.25. The van der Waals surface area contributed by atoms with Crippen molar-refractivity contribution in [2.45, 2.75) is 13.8 Å². The largest absolute Gasteiger partial charge is 0.463 e. The van der Waals surface area contributed by atoms with Gasteiger partial charge in [0.1, 0.15) is 11.5 Å². The number of carbonyl (C=O) groups is 1. The smallest absolute Gasteiger partial charge is 0.427 e. The summed E-state index contributed by atoms with van der Waals surface area (Å²) in [4.78, 5) is 10.8. The predicted octanol–water partition coefficient (Wildman–Crippen LogP) is 1.75. The van der Waals surface area contributed by atoms with Gasteiger partial charge in [0, 0.05) is 0 Å². The highest BCUT2D eigenvalue weighted by atomic mass is 16.5. The fourth-order valence-corrected chi connectivity index (χ4v) is 0.832. The number of amides is 1. The molecule has 0 saturated carbocycles. The van der Waals surface area contributed by atoms with Crippen LogP contribution in [0.1, 0.15) is 19.6 Å². The number of nitrogens with zero attached hydrogens (tertiary/aromatic N) is 1. The highest BCUT2D eigenvalue weighted by Crippen LogP contribution is 2.00. The molecule has 0 spiro atoms. The van der Waals surface area contributed by atoms with Gasteiger partial charge in [-0.25, -0.2) is 10.2 Å². The average molecular weight is 196 g/mol. The molecule has 1 rings (SSSR count). The van der Waals surface area contributed by atoms with Crippen LogP contribution in [0.4, 0.5) is 4.79 Å². The van der Waals surface area contributed by atoms with Crippen LogP contribution >= 0.6 is 0 Å². The Kier molecular flexibility index (Phi) is 3.72. The number of ether oxygens (including phenoxy) is 1. The van der Waals surface area contributed by atoms with Gasteiger partial charge in [0.15, 0.2) is 0 Å². The molecule has 1 aromatic heterocycles. The van der Waals surface area contributed by atoms with Crippen LogP contribution < -0.4 is 5.43 Å². The van der Waals surface area contributed by atoms with E-state index >= 15 is 0 Å². The molecule has 0 radical (unpaired) electrons. The van der Waals surface area contributed by atoms with Crippen molar-refractivity contribution in [2.24, 2.45) is 5.10 Å². The van der Waals surface area contributed by atoms with Gasteiger partial charge in [0.2, 0.25) is 0 Å². The van der Waals surface area contributed by atoms with Crippen molar-refractivity contribution >= 4 is 11.8 Å². The summed E-state index contributed by atoms with van der Waals surface area (Å²) < 4.78 is 9.69. The quantitative estimate of drug-likeness (QED) is 0.591. The first-order valence-corrected chi connectivity index (χ1v) is 4.25. The van der Waals surface area contributed by atoms with Gasteiger partial charge in [0.25, 0.3) is 0 Å². The molecule has 1 aromatic rings. The lowest BCUT2D eigenvalue weighted by atomic mass is 10.3. The van der Waals surface area contributed by atoms with Crippen molar-refractivity contribution in [2.75, 3.05) is 6.61 Å².